The quantitative estimate of drug-likeness (QED) is 0.136. The van der Waals surface area contributed by atoms with Gasteiger partial charge in [0.25, 0.3) is 0 Å². The first-order chi connectivity index (χ1) is 32.3. The van der Waals surface area contributed by atoms with Crippen molar-refractivity contribution < 1.29 is 14.3 Å². The number of anilines is 1. The Kier molecular flexibility index (Phi) is 11.8. The van der Waals surface area contributed by atoms with E-state index < -0.39 is 0 Å². The van der Waals surface area contributed by atoms with Crippen molar-refractivity contribution >= 4 is 22.7 Å². The lowest BCUT2D eigenvalue weighted by Gasteiger charge is -2.43. The molecule has 1 aliphatic carbocycles. The van der Waals surface area contributed by atoms with Gasteiger partial charge in [-0.2, -0.15) is 0 Å². The van der Waals surface area contributed by atoms with Gasteiger partial charge in [0.15, 0.2) is 11.7 Å². The fraction of sp³-hybridized carbons (Fsp3) is 0.370. The van der Waals surface area contributed by atoms with Crippen molar-refractivity contribution in [1.82, 2.24) is 29.5 Å². The molecule has 3 aliphatic heterocycles. The van der Waals surface area contributed by atoms with Crippen molar-refractivity contribution in [3.05, 3.63) is 171 Å². The molecule has 4 aromatic carbocycles. The van der Waals surface area contributed by atoms with Crippen LogP contribution in [0.15, 0.2) is 119 Å². The van der Waals surface area contributed by atoms with Gasteiger partial charge < -0.3 is 19.2 Å². The van der Waals surface area contributed by atoms with Gasteiger partial charge in [0.2, 0.25) is 0 Å². The summed E-state index contributed by atoms with van der Waals surface area (Å²) in [6.07, 6.45) is 8.24. The lowest BCUT2D eigenvalue weighted by Crippen LogP contribution is -2.53. The highest BCUT2D eigenvalue weighted by Gasteiger charge is 2.34. The first-order valence-corrected chi connectivity index (χ1v) is 24.6. The third kappa shape index (κ3) is 8.35. The molecule has 11 nitrogen and oxygen atoms in total. The summed E-state index contributed by atoms with van der Waals surface area (Å²) in [7, 11) is 0. The average molecular weight is 899 g/mol. The minimum atomic E-state index is -0.283. The summed E-state index contributed by atoms with van der Waals surface area (Å²) >= 11 is 1.78. The Hall–Kier alpha value is -6.08. The van der Waals surface area contributed by atoms with E-state index in [-0.39, 0.29) is 12.0 Å². The van der Waals surface area contributed by atoms with E-state index in [9.17, 15) is 5.11 Å². The number of phenols is 1. The second kappa shape index (κ2) is 18.3. The lowest BCUT2D eigenvalue weighted by atomic mass is 9.69. The number of nitrogens with zero attached hydrogens (tertiary/aromatic N) is 8. The zero-order valence-corrected chi connectivity index (χ0v) is 39.0. The molecule has 3 aromatic heterocycles. The first kappa shape index (κ1) is 42.5. The molecule has 0 bridgehead atoms. The van der Waals surface area contributed by atoms with E-state index in [1.807, 2.05) is 19.1 Å². The molecule has 3 atom stereocenters. The van der Waals surface area contributed by atoms with E-state index >= 15 is 0 Å². The summed E-state index contributed by atoms with van der Waals surface area (Å²) < 4.78 is 14.2. The molecule has 4 aliphatic rings. The number of hydrogen-bond donors (Lipinski definition) is 1. The molecule has 6 heterocycles. The topological polar surface area (TPSA) is 108 Å². The van der Waals surface area contributed by atoms with Gasteiger partial charge in [-0.15, -0.1) is 21.5 Å². The zero-order chi connectivity index (χ0) is 44.7. The van der Waals surface area contributed by atoms with Crippen LogP contribution in [0.4, 0.5) is 5.69 Å². The summed E-state index contributed by atoms with van der Waals surface area (Å²) in [6, 6.07) is 35.0. The van der Waals surface area contributed by atoms with E-state index in [1.165, 1.54) is 51.2 Å². The maximum absolute atomic E-state index is 10.2. The Bertz CT molecular complexity index is 2800. The van der Waals surface area contributed by atoms with Crippen LogP contribution in [-0.4, -0.2) is 98.8 Å². The number of thiophene rings is 1. The number of aromatic hydroxyl groups is 1. The molecule has 0 saturated carbocycles. The fourth-order valence-electron chi connectivity index (χ4n) is 11.1. The summed E-state index contributed by atoms with van der Waals surface area (Å²) in [6.45, 7) is 14.5. The van der Waals surface area contributed by atoms with Gasteiger partial charge in [0.1, 0.15) is 41.2 Å². The summed E-state index contributed by atoms with van der Waals surface area (Å²) in [5.74, 6) is 4.21. The number of aryl methyl sites for hydroxylation is 3. The van der Waals surface area contributed by atoms with Gasteiger partial charge in [-0.3, -0.25) is 19.4 Å². The predicted octanol–water partition coefficient (Wildman–Crippen LogP) is 9.61. The maximum atomic E-state index is 10.2. The molecule has 0 spiro atoms. The molecule has 66 heavy (non-hydrogen) atoms. The lowest BCUT2D eigenvalue weighted by molar-refractivity contribution is 0.0949. The monoisotopic (exact) mass is 898 g/mol. The van der Waals surface area contributed by atoms with E-state index in [2.05, 4.69) is 133 Å². The number of rotatable bonds is 11. The number of likely N-dealkylation sites (tertiary alicyclic amines) is 1. The van der Waals surface area contributed by atoms with Crippen LogP contribution < -0.4 is 9.64 Å². The minimum absolute atomic E-state index is 0.237. The normalized spacial score (nSPS) is 20.3. The summed E-state index contributed by atoms with van der Waals surface area (Å²) in [4.78, 5) is 19.0. The smallest absolute Gasteiger partial charge is 0.196 e. The van der Waals surface area contributed by atoms with Crippen molar-refractivity contribution in [1.29, 1.82) is 0 Å². The van der Waals surface area contributed by atoms with Crippen LogP contribution in [0.3, 0.4) is 0 Å². The molecular weight excluding hydrogens is 841 g/mol. The molecule has 0 radical (unpaired) electrons. The molecule has 2 saturated heterocycles. The Morgan fingerprint density at radius 2 is 1.61 bits per heavy atom. The van der Waals surface area contributed by atoms with Crippen LogP contribution in [0.5, 0.6) is 11.5 Å². The van der Waals surface area contributed by atoms with Crippen LogP contribution in [-0.2, 0) is 12.8 Å². The standard InChI is InChI=1S/C54H58N8O3S/c1-35-36(2)66-54-50(35)52(56-48(34-49-55-23-31-65-49)53-58-57-37(3)62(53)54)40-9-14-42(15-10-40)60-26-28-61(29-27-60)43-21-24-59(25-22-43)30-32-64-45-17-11-39(12-18-45)51-46(38-7-5-4-6-8-38)19-13-41-33-44(63)16-20-47(41)51/h4-12,14-18,20,23,31,33,43,46,48,51,63H,13,19,21-22,24-30,32,34H2,1-3H3/t46-,48?,51+/m1/s1. The van der Waals surface area contributed by atoms with Crippen LogP contribution in [0.25, 0.3) is 5.00 Å². The zero-order valence-electron chi connectivity index (χ0n) is 38.1. The number of fused-ring (bicyclic) bond motifs is 4. The second-order valence-corrected chi connectivity index (χ2v) is 19.7. The number of phenolic OH excluding ortho intramolecular Hbond substituents is 1. The van der Waals surface area contributed by atoms with Gasteiger partial charge in [-0.1, -0.05) is 60.7 Å². The molecule has 7 aromatic rings. The van der Waals surface area contributed by atoms with Crippen molar-refractivity contribution in [2.75, 3.05) is 57.3 Å². The van der Waals surface area contributed by atoms with Crippen molar-refractivity contribution in [2.24, 2.45) is 4.99 Å². The number of oxazole rings is 1. The average Bonchev–Trinajstić information content (AvgIpc) is 4.07. The Morgan fingerprint density at radius 1 is 0.818 bits per heavy atom. The Morgan fingerprint density at radius 3 is 2.36 bits per heavy atom. The number of ether oxygens (including phenoxy) is 1. The number of aromatic nitrogens is 4. The van der Waals surface area contributed by atoms with E-state index in [0.29, 0.717) is 36.6 Å². The number of hydrogen-bond acceptors (Lipinski definition) is 11. The largest absolute Gasteiger partial charge is 0.508 e. The van der Waals surface area contributed by atoms with E-state index in [4.69, 9.17) is 14.1 Å². The van der Waals surface area contributed by atoms with Crippen LogP contribution in [0.2, 0.25) is 0 Å². The first-order valence-electron chi connectivity index (χ1n) is 23.7. The number of aliphatic imine (C=N–C) groups is 1. The maximum Gasteiger partial charge on any atom is 0.196 e. The molecule has 12 heteroatoms. The Labute approximate surface area is 391 Å². The van der Waals surface area contributed by atoms with E-state index in [1.54, 1.807) is 23.8 Å². The second-order valence-electron chi connectivity index (χ2n) is 18.5. The highest BCUT2D eigenvalue weighted by Crippen LogP contribution is 2.47. The molecule has 0 amide bonds. The van der Waals surface area contributed by atoms with Gasteiger partial charge in [0.05, 0.1) is 18.3 Å². The Balaban J connectivity index is 0.679. The fourth-order valence-corrected chi connectivity index (χ4v) is 12.3. The highest BCUT2D eigenvalue weighted by molar-refractivity contribution is 7.15. The molecule has 1 unspecified atom stereocenters. The minimum Gasteiger partial charge on any atom is -0.508 e. The molecule has 2 fully saturated rings. The number of piperidine rings is 1. The van der Waals surface area contributed by atoms with Crippen molar-refractivity contribution in [3.8, 4) is 16.5 Å². The van der Waals surface area contributed by atoms with Gasteiger partial charge in [-0.05, 0) is 130 Å². The third-order valence-corrected chi connectivity index (χ3v) is 15.9. The molecule has 11 rings (SSSR count). The van der Waals surface area contributed by atoms with E-state index in [0.717, 1.165) is 97.9 Å². The van der Waals surface area contributed by atoms with Crippen molar-refractivity contribution in [2.45, 2.75) is 76.8 Å². The number of benzene rings is 4. The summed E-state index contributed by atoms with van der Waals surface area (Å²) in [5, 5.41) is 20.5. The van der Waals surface area contributed by atoms with Gasteiger partial charge in [-0.25, -0.2) is 4.98 Å². The molecular formula is C54H58N8O3S. The predicted molar refractivity (Wildman–Crippen MR) is 261 cm³/mol. The molecule has 1 N–H and O–H groups in total. The SMILES string of the molecule is Cc1sc2c(c1C)C(c1ccc(N3CCN(C4CCN(CCOc5ccc([C@@H]6c7ccc(O)cc7CC[C@@H]6c6ccccc6)cc5)CC4)CC3)cc1)=NC(Cc1ncco1)c1nnc(C)n1-2. The highest BCUT2D eigenvalue weighted by atomic mass is 32.1. The number of piperazine rings is 1. The van der Waals surface area contributed by atoms with Gasteiger partial charge in [0, 0.05) is 66.4 Å². The van der Waals surface area contributed by atoms with Crippen LogP contribution >= 0.6 is 11.3 Å². The van der Waals surface area contributed by atoms with Gasteiger partial charge >= 0.3 is 0 Å². The van der Waals surface area contributed by atoms with Crippen LogP contribution in [0.1, 0.15) is 98.5 Å². The molecule has 338 valence electrons. The van der Waals surface area contributed by atoms with Crippen LogP contribution in [0, 0.1) is 20.8 Å². The summed E-state index contributed by atoms with van der Waals surface area (Å²) in [5.41, 5.74) is 11.0. The van der Waals surface area contributed by atoms with Crippen molar-refractivity contribution in [3.63, 3.8) is 0 Å². The third-order valence-electron chi connectivity index (χ3n) is 14.7.